The molecular weight excluding hydrogens is 278 g/mol. The third kappa shape index (κ3) is 2.86. The summed E-state index contributed by atoms with van der Waals surface area (Å²) in [6, 6.07) is 9.99. The maximum Gasteiger partial charge on any atom is 0.265 e. The molecule has 88 valence electrons. The van der Waals surface area contributed by atoms with Crippen molar-refractivity contribution in [2.45, 2.75) is 20.4 Å². The molecule has 1 aromatic carbocycles. The summed E-state index contributed by atoms with van der Waals surface area (Å²) in [6.07, 6.45) is 1.81. The molecule has 2 rings (SSSR count). The quantitative estimate of drug-likeness (QED) is 0.832. The second-order valence-electron chi connectivity index (χ2n) is 4.29. The Morgan fingerprint density at radius 1 is 1.18 bits per heavy atom. The van der Waals surface area contributed by atoms with E-state index in [1.54, 1.807) is 10.6 Å². The number of pyridine rings is 1. The van der Waals surface area contributed by atoms with Crippen molar-refractivity contribution in [2.75, 3.05) is 0 Å². The second-order valence-corrected chi connectivity index (χ2v) is 5.14. The SMILES string of the molecule is Cc1cc(C)cc(Cn2cccc(Br)c2=O)c1. The van der Waals surface area contributed by atoms with Crippen LogP contribution in [0, 0.1) is 13.8 Å². The van der Waals surface area contributed by atoms with Crippen LogP contribution in [0.25, 0.3) is 0 Å². The maximum absolute atomic E-state index is 11.9. The van der Waals surface area contributed by atoms with Crippen LogP contribution in [0.2, 0.25) is 0 Å². The third-order valence-electron chi connectivity index (χ3n) is 2.61. The van der Waals surface area contributed by atoms with Crippen molar-refractivity contribution in [3.05, 3.63) is 68.0 Å². The highest BCUT2D eigenvalue weighted by atomic mass is 79.9. The highest BCUT2D eigenvalue weighted by Gasteiger charge is 2.02. The summed E-state index contributed by atoms with van der Waals surface area (Å²) in [5.41, 5.74) is 3.61. The van der Waals surface area contributed by atoms with Crippen molar-refractivity contribution in [2.24, 2.45) is 0 Å². The number of aromatic nitrogens is 1. The minimum Gasteiger partial charge on any atom is -0.310 e. The molecule has 0 N–H and O–H groups in total. The zero-order valence-corrected chi connectivity index (χ0v) is 11.5. The fraction of sp³-hybridized carbons (Fsp3) is 0.214. The van der Waals surface area contributed by atoms with E-state index < -0.39 is 0 Å². The first-order valence-electron chi connectivity index (χ1n) is 5.48. The van der Waals surface area contributed by atoms with Gasteiger partial charge >= 0.3 is 0 Å². The van der Waals surface area contributed by atoms with E-state index in [-0.39, 0.29) is 5.56 Å². The predicted octanol–water partition coefficient (Wildman–Crippen LogP) is 3.28. The average molecular weight is 292 g/mol. The van der Waals surface area contributed by atoms with Crippen molar-refractivity contribution in [3.8, 4) is 0 Å². The van der Waals surface area contributed by atoms with Gasteiger partial charge in [-0.25, -0.2) is 0 Å². The van der Waals surface area contributed by atoms with Crippen LogP contribution in [0.4, 0.5) is 0 Å². The van der Waals surface area contributed by atoms with Gasteiger partial charge < -0.3 is 4.57 Å². The summed E-state index contributed by atoms with van der Waals surface area (Å²) in [5, 5.41) is 0. The average Bonchev–Trinajstić information content (AvgIpc) is 2.23. The first kappa shape index (κ1) is 12.1. The first-order valence-corrected chi connectivity index (χ1v) is 6.28. The van der Waals surface area contributed by atoms with Crippen molar-refractivity contribution in [3.63, 3.8) is 0 Å². The van der Waals surface area contributed by atoms with E-state index in [2.05, 4.69) is 48.0 Å². The standard InChI is InChI=1S/C14H14BrNO/c1-10-6-11(2)8-12(7-10)9-16-5-3-4-13(15)14(16)17/h3-8H,9H2,1-2H3. The molecule has 0 fully saturated rings. The number of benzene rings is 1. The number of hydrogen-bond donors (Lipinski definition) is 0. The van der Waals surface area contributed by atoms with Gasteiger partial charge in [0.1, 0.15) is 0 Å². The minimum absolute atomic E-state index is 0.00617. The molecule has 17 heavy (non-hydrogen) atoms. The topological polar surface area (TPSA) is 22.0 Å². The molecule has 2 nitrogen and oxygen atoms in total. The van der Waals surface area contributed by atoms with Gasteiger partial charge in [-0.3, -0.25) is 4.79 Å². The Labute approximate surface area is 109 Å². The predicted molar refractivity (Wildman–Crippen MR) is 73.4 cm³/mol. The molecule has 0 unspecified atom stereocenters. The smallest absolute Gasteiger partial charge is 0.265 e. The lowest BCUT2D eigenvalue weighted by Crippen LogP contribution is -2.20. The summed E-state index contributed by atoms with van der Waals surface area (Å²) in [7, 11) is 0. The largest absolute Gasteiger partial charge is 0.310 e. The van der Waals surface area contributed by atoms with Gasteiger partial charge in [0, 0.05) is 6.20 Å². The van der Waals surface area contributed by atoms with E-state index in [9.17, 15) is 4.79 Å². The van der Waals surface area contributed by atoms with E-state index in [4.69, 9.17) is 0 Å². The van der Waals surface area contributed by atoms with Gasteiger partial charge in [-0.1, -0.05) is 29.3 Å². The van der Waals surface area contributed by atoms with E-state index in [1.807, 2.05) is 12.3 Å². The van der Waals surface area contributed by atoms with Crippen molar-refractivity contribution in [1.82, 2.24) is 4.57 Å². The molecule has 0 atom stereocenters. The molecule has 0 aliphatic rings. The maximum atomic E-state index is 11.9. The van der Waals surface area contributed by atoms with Crippen LogP contribution in [0.5, 0.6) is 0 Å². The highest BCUT2D eigenvalue weighted by molar-refractivity contribution is 9.10. The van der Waals surface area contributed by atoms with E-state index in [0.717, 1.165) is 5.56 Å². The highest BCUT2D eigenvalue weighted by Crippen LogP contribution is 2.10. The van der Waals surface area contributed by atoms with Gasteiger partial charge in [0.25, 0.3) is 5.56 Å². The van der Waals surface area contributed by atoms with Gasteiger partial charge in [0.15, 0.2) is 0 Å². The molecule has 0 spiro atoms. The molecule has 0 aliphatic carbocycles. The van der Waals surface area contributed by atoms with E-state index in [0.29, 0.717) is 11.0 Å². The first-order chi connectivity index (χ1) is 8.06. The molecule has 2 aromatic rings. The summed E-state index contributed by atoms with van der Waals surface area (Å²) >= 11 is 3.25. The number of halogens is 1. The summed E-state index contributed by atoms with van der Waals surface area (Å²) in [4.78, 5) is 11.9. The minimum atomic E-state index is 0.00617. The van der Waals surface area contributed by atoms with Gasteiger partial charge in [0.05, 0.1) is 11.0 Å². The van der Waals surface area contributed by atoms with Crippen LogP contribution in [0.3, 0.4) is 0 Å². The molecule has 0 amide bonds. The molecule has 0 aliphatic heterocycles. The number of rotatable bonds is 2. The zero-order chi connectivity index (χ0) is 12.4. The summed E-state index contributed by atoms with van der Waals surface area (Å²) in [5.74, 6) is 0. The third-order valence-corrected chi connectivity index (χ3v) is 3.21. The molecule has 1 aromatic heterocycles. The second kappa shape index (κ2) is 4.88. The molecule has 0 radical (unpaired) electrons. The molecular formula is C14H14BrNO. The fourth-order valence-electron chi connectivity index (χ4n) is 1.99. The summed E-state index contributed by atoms with van der Waals surface area (Å²) in [6.45, 7) is 4.75. The van der Waals surface area contributed by atoms with Crippen molar-refractivity contribution in [1.29, 1.82) is 0 Å². The Balaban J connectivity index is 2.38. The van der Waals surface area contributed by atoms with Crippen LogP contribution >= 0.6 is 15.9 Å². The molecule has 0 bridgehead atoms. The number of nitrogens with zero attached hydrogens (tertiary/aromatic N) is 1. The lowest BCUT2D eigenvalue weighted by molar-refractivity contribution is 0.754. The van der Waals surface area contributed by atoms with Crippen molar-refractivity contribution < 1.29 is 0 Å². The molecule has 0 saturated carbocycles. The number of hydrogen-bond acceptors (Lipinski definition) is 1. The Morgan fingerprint density at radius 3 is 2.47 bits per heavy atom. The lowest BCUT2D eigenvalue weighted by atomic mass is 10.1. The molecule has 1 heterocycles. The van der Waals surface area contributed by atoms with Crippen LogP contribution in [0.1, 0.15) is 16.7 Å². The Hall–Kier alpha value is -1.35. The van der Waals surface area contributed by atoms with Crippen molar-refractivity contribution >= 4 is 15.9 Å². The van der Waals surface area contributed by atoms with Gasteiger partial charge in [-0.05, 0) is 47.5 Å². The Kier molecular flexibility index (Phi) is 3.48. The van der Waals surface area contributed by atoms with Crippen LogP contribution in [-0.2, 0) is 6.54 Å². The lowest BCUT2D eigenvalue weighted by Gasteiger charge is -2.08. The van der Waals surface area contributed by atoms with E-state index in [1.165, 1.54) is 11.1 Å². The van der Waals surface area contributed by atoms with Gasteiger partial charge in [-0.15, -0.1) is 0 Å². The normalized spacial score (nSPS) is 10.5. The Morgan fingerprint density at radius 2 is 1.82 bits per heavy atom. The van der Waals surface area contributed by atoms with Gasteiger partial charge in [-0.2, -0.15) is 0 Å². The van der Waals surface area contributed by atoms with E-state index >= 15 is 0 Å². The fourth-order valence-corrected chi connectivity index (χ4v) is 2.37. The van der Waals surface area contributed by atoms with Crippen LogP contribution in [0.15, 0.2) is 45.8 Å². The monoisotopic (exact) mass is 291 g/mol. The molecule has 3 heteroatoms. The van der Waals surface area contributed by atoms with Gasteiger partial charge in [0.2, 0.25) is 0 Å². The zero-order valence-electron chi connectivity index (χ0n) is 9.90. The molecule has 0 saturated heterocycles. The van der Waals surface area contributed by atoms with Crippen LogP contribution < -0.4 is 5.56 Å². The number of aryl methyl sites for hydroxylation is 2. The Bertz CT molecular complexity index is 581. The van der Waals surface area contributed by atoms with Crippen LogP contribution in [-0.4, -0.2) is 4.57 Å². The summed E-state index contributed by atoms with van der Waals surface area (Å²) < 4.78 is 2.31.